The lowest BCUT2D eigenvalue weighted by Gasteiger charge is -2.54. The molecule has 6 aromatic carbocycles. The maximum Gasteiger partial charge on any atom is 0.165 e. The van der Waals surface area contributed by atoms with Gasteiger partial charge in [-0.25, -0.2) is 29.9 Å². The van der Waals surface area contributed by atoms with Crippen LogP contribution < -0.4 is 0 Å². The zero-order chi connectivity index (χ0) is 39.8. The van der Waals surface area contributed by atoms with Gasteiger partial charge in [0.1, 0.15) is 0 Å². The molecule has 60 heavy (non-hydrogen) atoms. The van der Waals surface area contributed by atoms with Crippen LogP contribution in [-0.4, -0.2) is 29.9 Å². The Balaban J connectivity index is 1.13. The molecule has 0 aliphatic heterocycles. The molecule has 286 valence electrons. The smallest absolute Gasteiger partial charge is 0.165 e. The van der Waals surface area contributed by atoms with E-state index in [0.29, 0.717) is 64.2 Å². The molecule has 7 atom stereocenters. The molecular weight excluding hydrogens is 735 g/mol. The molecule has 0 radical (unpaired) electrons. The number of hydrogen-bond acceptors (Lipinski definition) is 7. The molecule has 0 amide bonds. The number of nitriles is 1. The van der Waals surface area contributed by atoms with Crippen LogP contribution in [0.25, 0.3) is 68.3 Å². The standard InChI is InChI=1S/C53H39N7/c54-31-36-24-15-27-41(46(36)52-59-49(34-20-9-3-10-21-34)56-50(60-52)35-22-11-4-12-23-35)53(42-29-37-28-38-30-43(53)45(38)44(37)42)40-26-14-13-25-39(40)51-57-47(32-16-5-1-6-17-32)55-48(58-51)33-18-7-2-8-19-33/h1-27,37-38,42-45H,28-30H2/t37?,38?,42-,43?,44?,45?,53?/m0/s1. The minimum atomic E-state index is -0.444. The van der Waals surface area contributed by atoms with Crippen LogP contribution in [0.3, 0.4) is 0 Å². The Labute approximate surface area is 349 Å². The summed E-state index contributed by atoms with van der Waals surface area (Å²) in [6, 6.07) is 58.3. The van der Waals surface area contributed by atoms with Crippen molar-refractivity contribution in [3.8, 4) is 74.4 Å². The quantitative estimate of drug-likeness (QED) is 0.151. The average molecular weight is 774 g/mol. The highest BCUT2D eigenvalue weighted by molar-refractivity contribution is 5.78. The van der Waals surface area contributed by atoms with E-state index in [0.717, 1.165) is 63.6 Å². The summed E-state index contributed by atoms with van der Waals surface area (Å²) in [7, 11) is 0. The van der Waals surface area contributed by atoms with Crippen molar-refractivity contribution in [1.29, 1.82) is 5.26 Å². The zero-order valence-electron chi connectivity index (χ0n) is 32.8. The van der Waals surface area contributed by atoms with Gasteiger partial charge in [-0.05, 0) is 72.0 Å². The van der Waals surface area contributed by atoms with Gasteiger partial charge in [-0.2, -0.15) is 5.26 Å². The molecule has 6 unspecified atom stereocenters. The Morgan fingerprint density at radius 3 is 1.27 bits per heavy atom. The normalized spacial score (nSPS) is 24.2. The van der Waals surface area contributed by atoms with Gasteiger partial charge in [0.25, 0.3) is 0 Å². The third-order valence-corrected chi connectivity index (χ3v) is 14.2. The van der Waals surface area contributed by atoms with Crippen LogP contribution in [0.15, 0.2) is 164 Å². The van der Waals surface area contributed by atoms with Gasteiger partial charge in [-0.3, -0.25) is 0 Å². The molecule has 4 fully saturated rings. The van der Waals surface area contributed by atoms with E-state index in [4.69, 9.17) is 29.9 Å². The highest BCUT2D eigenvalue weighted by atomic mass is 15.0. The molecule has 8 aromatic rings. The van der Waals surface area contributed by atoms with Crippen molar-refractivity contribution < 1.29 is 0 Å². The third-order valence-electron chi connectivity index (χ3n) is 14.2. The van der Waals surface area contributed by atoms with Crippen molar-refractivity contribution in [2.75, 3.05) is 0 Å². The molecule has 4 saturated carbocycles. The van der Waals surface area contributed by atoms with Crippen LogP contribution in [0.1, 0.15) is 36.0 Å². The molecule has 4 aliphatic rings. The molecule has 2 aromatic heterocycles. The molecule has 2 heterocycles. The summed E-state index contributed by atoms with van der Waals surface area (Å²) in [6.45, 7) is 0. The first-order valence-electron chi connectivity index (χ1n) is 21.1. The van der Waals surface area contributed by atoms with Crippen molar-refractivity contribution in [2.45, 2.75) is 24.7 Å². The zero-order valence-corrected chi connectivity index (χ0v) is 32.8. The second-order valence-corrected chi connectivity index (χ2v) is 16.9. The summed E-state index contributed by atoms with van der Waals surface area (Å²) in [5.74, 6) is 7.12. The molecule has 7 nitrogen and oxygen atoms in total. The number of benzene rings is 6. The van der Waals surface area contributed by atoms with E-state index in [9.17, 15) is 5.26 Å². The molecule has 0 bridgehead atoms. The highest BCUT2D eigenvalue weighted by Crippen LogP contribution is 2.81. The summed E-state index contributed by atoms with van der Waals surface area (Å²) in [5.41, 5.74) is 7.92. The summed E-state index contributed by atoms with van der Waals surface area (Å²) in [5, 5.41) is 11.0. The van der Waals surface area contributed by atoms with Gasteiger partial charge in [0.2, 0.25) is 0 Å². The van der Waals surface area contributed by atoms with Crippen molar-refractivity contribution in [3.05, 3.63) is 180 Å². The fraction of sp³-hybridized carbons (Fsp3) is 0.189. The monoisotopic (exact) mass is 773 g/mol. The third kappa shape index (κ3) is 5.20. The average Bonchev–Trinajstić information content (AvgIpc) is 3.63. The lowest BCUT2D eigenvalue weighted by molar-refractivity contribution is 0.0621. The van der Waals surface area contributed by atoms with E-state index < -0.39 is 5.41 Å². The molecular formula is C53H39N7. The van der Waals surface area contributed by atoms with Crippen LogP contribution in [0.2, 0.25) is 0 Å². The fourth-order valence-electron chi connectivity index (χ4n) is 11.9. The largest absolute Gasteiger partial charge is 0.208 e. The number of hydrogen-bond donors (Lipinski definition) is 0. The highest BCUT2D eigenvalue weighted by Gasteiger charge is 2.76. The van der Waals surface area contributed by atoms with Crippen LogP contribution >= 0.6 is 0 Å². The van der Waals surface area contributed by atoms with Gasteiger partial charge >= 0.3 is 0 Å². The Kier molecular flexibility index (Phi) is 7.96. The van der Waals surface area contributed by atoms with E-state index in [-0.39, 0.29) is 0 Å². The topological polar surface area (TPSA) is 101 Å². The van der Waals surface area contributed by atoms with Crippen LogP contribution in [0, 0.1) is 46.8 Å². The van der Waals surface area contributed by atoms with Crippen molar-refractivity contribution in [3.63, 3.8) is 0 Å². The van der Waals surface area contributed by atoms with Gasteiger partial charge in [0.15, 0.2) is 34.9 Å². The van der Waals surface area contributed by atoms with Crippen LogP contribution in [-0.2, 0) is 5.41 Å². The minimum Gasteiger partial charge on any atom is -0.208 e. The van der Waals surface area contributed by atoms with E-state index in [1.54, 1.807) is 0 Å². The predicted molar refractivity (Wildman–Crippen MR) is 233 cm³/mol. The second-order valence-electron chi connectivity index (χ2n) is 16.9. The minimum absolute atomic E-state index is 0.381. The molecule has 7 heteroatoms. The second kappa shape index (κ2) is 13.7. The maximum absolute atomic E-state index is 11.0. The number of nitrogens with zero attached hydrogens (tertiary/aromatic N) is 7. The lowest BCUT2D eigenvalue weighted by Crippen LogP contribution is -2.50. The molecule has 12 rings (SSSR count). The molecule has 0 spiro atoms. The number of aromatic nitrogens is 6. The Morgan fingerprint density at radius 2 is 0.800 bits per heavy atom. The van der Waals surface area contributed by atoms with Crippen molar-refractivity contribution in [1.82, 2.24) is 29.9 Å². The van der Waals surface area contributed by atoms with Gasteiger partial charge in [-0.1, -0.05) is 158 Å². The maximum atomic E-state index is 11.0. The molecule has 0 N–H and O–H groups in total. The van der Waals surface area contributed by atoms with E-state index >= 15 is 0 Å². The van der Waals surface area contributed by atoms with Gasteiger partial charge in [-0.15, -0.1) is 0 Å². The first kappa shape index (κ1) is 34.8. The summed E-state index contributed by atoms with van der Waals surface area (Å²) < 4.78 is 0. The summed E-state index contributed by atoms with van der Waals surface area (Å²) in [4.78, 5) is 31.3. The van der Waals surface area contributed by atoms with Gasteiger partial charge in [0, 0.05) is 38.8 Å². The fourth-order valence-corrected chi connectivity index (χ4v) is 11.9. The Morgan fingerprint density at radius 1 is 0.400 bits per heavy atom. The first-order chi connectivity index (χ1) is 29.7. The van der Waals surface area contributed by atoms with Crippen molar-refractivity contribution in [2.24, 2.45) is 35.5 Å². The summed E-state index contributed by atoms with van der Waals surface area (Å²) >= 11 is 0. The number of rotatable bonds is 8. The Bertz CT molecular complexity index is 2830. The Hall–Kier alpha value is -7.17. The van der Waals surface area contributed by atoms with Gasteiger partial charge < -0.3 is 0 Å². The summed E-state index contributed by atoms with van der Waals surface area (Å²) in [6.07, 6.45) is 3.65. The van der Waals surface area contributed by atoms with Crippen LogP contribution in [0.4, 0.5) is 0 Å². The predicted octanol–water partition coefficient (Wildman–Crippen LogP) is 11.1. The van der Waals surface area contributed by atoms with Gasteiger partial charge in [0.05, 0.1) is 11.6 Å². The van der Waals surface area contributed by atoms with E-state index in [1.807, 2.05) is 103 Å². The van der Waals surface area contributed by atoms with Crippen LogP contribution in [0.5, 0.6) is 0 Å². The van der Waals surface area contributed by atoms with E-state index in [1.165, 1.54) is 12.0 Å². The van der Waals surface area contributed by atoms with E-state index in [2.05, 4.69) is 66.7 Å². The first-order valence-corrected chi connectivity index (χ1v) is 21.1. The SMILES string of the molecule is N#Cc1cccc(C2(c3ccccc3-c3nc(-c4ccccc4)nc(-c4ccccc4)n3)C3CC4CC5C[C@H]2C5C43)c1-c1nc(-c2ccccc2)nc(-c2ccccc2)n1. The lowest BCUT2D eigenvalue weighted by atomic mass is 9.49. The molecule has 4 aliphatic carbocycles. The van der Waals surface area contributed by atoms with Crippen molar-refractivity contribution >= 4 is 0 Å². The molecule has 0 saturated heterocycles.